The quantitative estimate of drug-likeness (QED) is 0.623. The molecule has 0 saturated heterocycles. The molecule has 0 saturated carbocycles. The highest BCUT2D eigenvalue weighted by Gasteiger charge is 2.12. The van der Waals surface area contributed by atoms with E-state index in [0.717, 1.165) is 5.75 Å². The second-order valence-electron chi connectivity index (χ2n) is 2.15. The van der Waals surface area contributed by atoms with Crippen molar-refractivity contribution in [2.45, 2.75) is 0 Å². The summed E-state index contributed by atoms with van der Waals surface area (Å²) >= 11 is 0. The maximum absolute atomic E-state index is 6.74. The van der Waals surface area contributed by atoms with Crippen LogP contribution in [-0.2, 0) is 0 Å². The Morgan fingerprint density at radius 2 is 2.09 bits per heavy atom. The molecule has 1 heterocycles. The Morgan fingerprint density at radius 1 is 1.27 bits per heavy atom. The Balaban J connectivity index is 2.48. The molecule has 1 aromatic carbocycles. The number of fused-ring (bicyclic) bond motifs is 1. The highest BCUT2D eigenvalue weighted by Crippen LogP contribution is 2.34. The van der Waals surface area contributed by atoms with Crippen molar-refractivity contribution in [2.24, 2.45) is 5.11 Å². The van der Waals surface area contributed by atoms with Crippen molar-refractivity contribution in [3.8, 4) is 11.5 Å². The third kappa shape index (κ3) is 0.920. The molecular weight excluding hydrogens is 144 g/mol. The van der Waals surface area contributed by atoms with E-state index in [1.54, 1.807) is 18.2 Å². The van der Waals surface area contributed by atoms with Crippen molar-refractivity contribution in [3.05, 3.63) is 18.2 Å². The Labute approximate surface area is 63.3 Å². The van der Waals surface area contributed by atoms with Gasteiger partial charge in [0.2, 0.25) is 6.79 Å². The predicted octanol–water partition coefficient (Wildman–Crippen LogP) is 2.08. The summed E-state index contributed by atoms with van der Waals surface area (Å²) in [7, 11) is 0. The van der Waals surface area contributed by atoms with Crippen LogP contribution in [-0.4, -0.2) is 6.79 Å². The van der Waals surface area contributed by atoms with E-state index in [2.05, 4.69) is 5.11 Å². The number of benzene rings is 1. The number of rotatable bonds is 1. The van der Waals surface area contributed by atoms with E-state index in [1.165, 1.54) is 0 Å². The second kappa shape index (κ2) is 2.23. The van der Waals surface area contributed by atoms with E-state index in [9.17, 15) is 0 Å². The van der Waals surface area contributed by atoms with Crippen LogP contribution in [0, 0.1) is 5.53 Å². The van der Waals surface area contributed by atoms with Gasteiger partial charge in [-0.05, 0) is 12.1 Å². The second-order valence-corrected chi connectivity index (χ2v) is 2.15. The van der Waals surface area contributed by atoms with Gasteiger partial charge in [0, 0.05) is 6.07 Å². The fourth-order valence-corrected chi connectivity index (χ4v) is 0.955. The summed E-state index contributed by atoms with van der Waals surface area (Å²) in [5, 5.41) is 3.26. The van der Waals surface area contributed by atoms with Crippen LogP contribution in [0.1, 0.15) is 0 Å². The standard InChI is InChI=1S/C7H6N2O2/c8-9-5-1-2-6-7(3-5)11-4-10-6/h1-3,8H,4H2. The molecule has 0 unspecified atom stereocenters. The van der Waals surface area contributed by atoms with Crippen LogP contribution in [0.3, 0.4) is 0 Å². The van der Waals surface area contributed by atoms with Gasteiger partial charge in [0.05, 0.1) is 5.69 Å². The molecule has 0 aliphatic carbocycles. The smallest absolute Gasteiger partial charge is 0.231 e. The van der Waals surface area contributed by atoms with Gasteiger partial charge in [-0.25, -0.2) is 5.53 Å². The average molecular weight is 150 g/mol. The predicted molar refractivity (Wildman–Crippen MR) is 37.4 cm³/mol. The van der Waals surface area contributed by atoms with Crippen LogP contribution < -0.4 is 9.47 Å². The van der Waals surface area contributed by atoms with Crippen molar-refractivity contribution < 1.29 is 9.47 Å². The van der Waals surface area contributed by atoms with Gasteiger partial charge in [0.15, 0.2) is 11.5 Å². The van der Waals surface area contributed by atoms with Crippen LogP contribution in [0.15, 0.2) is 23.3 Å². The number of hydrogen-bond donors (Lipinski definition) is 1. The molecule has 11 heavy (non-hydrogen) atoms. The van der Waals surface area contributed by atoms with Crippen LogP contribution in [0.5, 0.6) is 11.5 Å². The lowest BCUT2D eigenvalue weighted by Crippen LogP contribution is -1.92. The monoisotopic (exact) mass is 150 g/mol. The molecule has 0 spiro atoms. The van der Waals surface area contributed by atoms with Crippen LogP contribution >= 0.6 is 0 Å². The third-order valence-corrected chi connectivity index (χ3v) is 1.49. The molecule has 1 N–H and O–H groups in total. The normalized spacial score (nSPS) is 13.1. The van der Waals surface area contributed by atoms with E-state index < -0.39 is 0 Å². The maximum Gasteiger partial charge on any atom is 0.231 e. The summed E-state index contributed by atoms with van der Waals surface area (Å²) in [6.07, 6.45) is 0. The molecule has 2 rings (SSSR count). The highest BCUT2D eigenvalue weighted by molar-refractivity contribution is 5.52. The molecule has 0 radical (unpaired) electrons. The Kier molecular flexibility index (Phi) is 1.25. The molecule has 0 bridgehead atoms. The van der Waals surface area contributed by atoms with E-state index in [4.69, 9.17) is 15.0 Å². The molecule has 1 aromatic rings. The first kappa shape index (κ1) is 6.15. The lowest BCUT2D eigenvalue weighted by atomic mass is 10.3. The minimum absolute atomic E-state index is 0.261. The summed E-state index contributed by atoms with van der Waals surface area (Å²) in [5.41, 5.74) is 7.31. The summed E-state index contributed by atoms with van der Waals surface area (Å²) < 4.78 is 10.1. The van der Waals surface area contributed by atoms with Gasteiger partial charge in [-0.1, -0.05) is 0 Å². The number of nitrogens with one attached hydrogen (secondary N) is 1. The van der Waals surface area contributed by atoms with Crippen molar-refractivity contribution >= 4 is 5.69 Å². The van der Waals surface area contributed by atoms with E-state index in [0.29, 0.717) is 11.4 Å². The molecule has 0 atom stereocenters. The van der Waals surface area contributed by atoms with Gasteiger partial charge in [-0.15, -0.1) is 0 Å². The van der Waals surface area contributed by atoms with Crippen LogP contribution in [0.4, 0.5) is 5.69 Å². The molecule has 4 heteroatoms. The summed E-state index contributed by atoms with van der Waals surface area (Å²) in [6.45, 7) is 0.261. The van der Waals surface area contributed by atoms with E-state index >= 15 is 0 Å². The number of nitrogens with zero attached hydrogens (tertiary/aromatic N) is 1. The van der Waals surface area contributed by atoms with Gasteiger partial charge < -0.3 is 9.47 Å². The van der Waals surface area contributed by atoms with Gasteiger partial charge in [-0.3, -0.25) is 0 Å². The lowest BCUT2D eigenvalue weighted by Gasteiger charge is -1.94. The minimum atomic E-state index is 0.261. The van der Waals surface area contributed by atoms with Gasteiger partial charge >= 0.3 is 0 Å². The summed E-state index contributed by atoms with van der Waals surface area (Å²) in [6, 6.07) is 5.13. The summed E-state index contributed by atoms with van der Waals surface area (Å²) in [4.78, 5) is 0. The molecule has 56 valence electrons. The number of hydrogen-bond acceptors (Lipinski definition) is 4. The minimum Gasteiger partial charge on any atom is -0.454 e. The topological polar surface area (TPSA) is 54.7 Å². The first-order chi connectivity index (χ1) is 5.40. The molecular formula is C7H6N2O2. The van der Waals surface area contributed by atoms with Crippen LogP contribution in [0.2, 0.25) is 0 Å². The van der Waals surface area contributed by atoms with Gasteiger partial charge in [-0.2, -0.15) is 5.11 Å². The number of ether oxygens (including phenoxy) is 2. The van der Waals surface area contributed by atoms with Crippen molar-refractivity contribution in [2.75, 3.05) is 6.79 Å². The van der Waals surface area contributed by atoms with Gasteiger partial charge in [0.1, 0.15) is 0 Å². The van der Waals surface area contributed by atoms with Crippen molar-refractivity contribution in [1.29, 1.82) is 5.53 Å². The zero-order valence-corrected chi connectivity index (χ0v) is 5.70. The first-order valence-electron chi connectivity index (χ1n) is 3.17. The molecule has 0 amide bonds. The highest BCUT2D eigenvalue weighted by atomic mass is 16.7. The van der Waals surface area contributed by atoms with E-state index in [-0.39, 0.29) is 6.79 Å². The van der Waals surface area contributed by atoms with Gasteiger partial charge in [0.25, 0.3) is 0 Å². The molecule has 1 aliphatic heterocycles. The van der Waals surface area contributed by atoms with Crippen molar-refractivity contribution in [3.63, 3.8) is 0 Å². The SMILES string of the molecule is N=Nc1ccc2c(c1)OCO2. The Bertz CT molecular complexity index is 298. The van der Waals surface area contributed by atoms with Crippen LogP contribution in [0.25, 0.3) is 0 Å². The molecule has 0 aromatic heterocycles. The van der Waals surface area contributed by atoms with E-state index in [1.807, 2.05) is 0 Å². The zero-order chi connectivity index (χ0) is 7.68. The van der Waals surface area contributed by atoms with Crippen molar-refractivity contribution in [1.82, 2.24) is 0 Å². The third-order valence-electron chi connectivity index (χ3n) is 1.49. The Morgan fingerprint density at radius 3 is 2.91 bits per heavy atom. The average Bonchev–Trinajstić information content (AvgIpc) is 2.50. The summed E-state index contributed by atoms with van der Waals surface area (Å²) in [5.74, 6) is 1.39. The molecule has 1 aliphatic rings. The Hall–Kier alpha value is -1.58. The maximum atomic E-state index is 6.74. The zero-order valence-electron chi connectivity index (χ0n) is 5.70. The fourth-order valence-electron chi connectivity index (χ4n) is 0.955. The fraction of sp³-hybridized carbons (Fsp3) is 0.143. The lowest BCUT2D eigenvalue weighted by molar-refractivity contribution is 0.174. The largest absolute Gasteiger partial charge is 0.454 e. The molecule has 4 nitrogen and oxygen atoms in total. The first-order valence-corrected chi connectivity index (χ1v) is 3.17. The molecule has 0 fully saturated rings.